The minimum atomic E-state index is -0.503. The number of ether oxygens (including phenoxy) is 1. The first kappa shape index (κ1) is 14.8. The second kappa shape index (κ2) is 6.32. The first-order valence-electron chi connectivity index (χ1n) is 6.65. The van der Waals surface area contributed by atoms with E-state index in [1.165, 1.54) is 0 Å². The van der Waals surface area contributed by atoms with E-state index in [-0.39, 0.29) is 5.92 Å². The minimum Gasteiger partial charge on any atom is -0.392 e. The summed E-state index contributed by atoms with van der Waals surface area (Å²) in [5, 5.41) is 14.9. The number of hydrogen-bond donors (Lipinski definition) is 1. The number of aromatic nitrogens is 2. The third-order valence-corrected chi connectivity index (χ3v) is 4.21. The Hall–Kier alpha value is -1.14. The Kier molecular flexibility index (Phi) is 4.45. The van der Waals surface area contributed by atoms with Gasteiger partial charge in [-0.1, -0.05) is 34.4 Å². The molecule has 0 bridgehead atoms. The summed E-state index contributed by atoms with van der Waals surface area (Å²) in [4.78, 5) is 4.34. The number of benzene rings is 1. The summed E-state index contributed by atoms with van der Waals surface area (Å²) in [6.07, 6.45) is 0.566. The van der Waals surface area contributed by atoms with Gasteiger partial charge in [-0.05, 0) is 24.1 Å². The molecule has 1 aromatic heterocycles. The summed E-state index contributed by atoms with van der Waals surface area (Å²) in [6.45, 7) is 0.956. The second-order valence-corrected chi connectivity index (χ2v) is 5.83. The van der Waals surface area contributed by atoms with Crippen LogP contribution >= 0.6 is 23.2 Å². The van der Waals surface area contributed by atoms with E-state index in [2.05, 4.69) is 10.1 Å². The highest BCUT2D eigenvalue weighted by molar-refractivity contribution is 6.42. The molecule has 1 aliphatic rings. The summed E-state index contributed by atoms with van der Waals surface area (Å²) in [7, 11) is 0. The number of hydrogen-bond acceptors (Lipinski definition) is 5. The van der Waals surface area contributed by atoms with E-state index in [0.29, 0.717) is 47.8 Å². The van der Waals surface area contributed by atoms with Crippen molar-refractivity contribution in [2.24, 2.45) is 0 Å². The fraction of sp³-hybridized carbons (Fsp3) is 0.429. The van der Waals surface area contributed by atoms with Gasteiger partial charge in [0.15, 0.2) is 5.82 Å². The smallest absolute Gasteiger partial charge is 0.234 e. The van der Waals surface area contributed by atoms with Crippen LogP contribution in [0.25, 0.3) is 0 Å². The SMILES string of the molecule is OC1CCOCC1c1nc(Cc2ccc(Cl)c(Cl)c2)no1. The monoisotopic (exact) mass is 328 g/mol. The van der Waals surface area contributed by atoms with Gasteiger partial charge in [0.1, 0.15) is 0 Å². The van der Waals surface area contributed by atoms with Gasteiger partial charge in [0.2, 0.25) is 5.89 Å². The van der Waals surface area contributed by atoms with Crippen LogP contribution < -0.4 is 0 Å². The van der Waals surface area contributed by atoms with Gasteiger partial charge in [0.05, 0.1) is 28.7 Å². The van der Waals surface area contributed by atoms with E-state index < -0.39 is 6.10 Å². The summed E-state index contributed by atoms with van der Waals surface area (Å²) >= 11 is 11.9. The summed E-state index contributed by atoms with van der Waals surface area (Å²) in [6, 6.07) is 5.38. The summed E-state index contributed by atoms with van der Waals surface area (Å²) in [5.74, 6) is 0.701. The van der Waals surface area contributed by atoms with Gasteiger partial charge in [0, 0.05) is 13.0 Å². The lowest BCUT2D eigenvalue weighted by Crippen LogP contribution is -2.30. The zero-order valence-corrected chi connectivity index (χ0v) is 12.6. The van der Waals surface area contributed by atoms with Crippen molar-refractivity contribution in [1.82, 2.24) is 10.1 Å². The van der Waals surface area contributed by atoms with Crippen LogP contribution in [-0.4, -0.2) is 34.6 Å². The Bertz CT molecular complexity index is 632. The van der Waals surface area contributed by atoms with Crippen molar-refractivity contribution in [3.8, 4) is 0 Å². The zero-order valence-electron chi connectivity index (χ0n) is 11.1. The molecular formula is C14H14Cl2N2O3. The third kappa shape index (κ3) is 3.37. The second-order valence-electron chi connectivity index (χ2n) is 5.01. The molecule has 1 aliphatic heterocycles. The van der Waals surface area contributed by atoms with Crippen molar-refractivity contribution >= 4 is 23.2 Å². The van der Waals surface area contributed by atoms with Gasteiger partial charge >= 0.3 is 0 Å². The molecule has 0 spiro atoms. The van der Waals surface area contributed by atoms with E-state index in [1.54, 1.807) is 12.1 Å². The van der Waals surface area contributed by atoms with Crippen molar-refractivity contribution in [2.45, 2.75) is 24.9 Å². The molecule has 1 saturated heterocycles. The lowest BCUT2D eigenvalue weighted by molar-refractivity contribution is -0.0149. The topological polar surface area (TPSA) is 68.4 Å². The van der Waals surface area contributed by atoms with Crippen molar-refractivity contribution < 1.29 is 14.4 Å². The van der Waals surface area contributed by atoms with E-state index in [9.17, 15) is 5.11 Å². The average molecular weight is 329 g/mol. The van der Waals surface area contributed by atoms with Crippen LogP contribution in [0.15, 0.2) is 22.7 Å². The molecule has 21 heavy (non-hydrogen) atoms. The van der Waals surface area contributed by atoms with Gasteiger partial charge in [-0.15, -0.1) is 0 Å². The molecule has 1 fully saturated rings. The molecule has 3 rings (SSSR count). The predicted octanol–water partition coefficient (Wildman–Crippen LogP) is 2.83. The maximum Gasteiger partial charge on any atom is 0.234 e. The number of rotatable bonds is 3. The normalized spacial score (nSPS) is 22.4. The Morgan fingerprint density at radius 3 is 2.90 bits per heavy atom. The van der Waals surface area contributed by atoms with Crippen LogP contribution in [-0.2, 0) is 11.2 Å². The molecule has 2 unspecified atom stereocenters. The molecule has 2 heterocycles. The first-order chi connectivity index (χ1) is 10.1. The minimum absolute atomic E-state index is 0.256. The third-order valence-electron chi connectivity index (χ3n) is 3.47. The Morgan fingerprint density at radius 2 is 2.14 bits per heavy atom. The number of nitrogens with zero attached hydrogens (tertiary/aromatic N) is 2. The van der Waals surface area contributed by atoms with E-state index in [1.807, 2.05) is 6.07 Å². The lowest BCUT2D eigenvalue weighted by Gasteiger charge is -2.24. The van der Waals surface area contributed by atoms with Gasteiger partial charge in [-0.3, -0.25) is 0 Å². The fourth-order valence-corrected chi connectivity index (χ4v) is 2.61. The Morgan fingerprint density at radius 1 is 1.29 bits per heavy atom. The number of aliphatic hydroxyl groups is 1. The molecule has 0 radical (unpaired) electrons. The maximum absolute atomic E-state index is 9.95. The lowest BCUT2D eigenvalue weighted by atomic mass is 9.99. The Balaban J connectivity index is 1.74. The van der Waals surface area contributed by atoms with Crippen molar-refractivity contribution in [3.05, 3.63) is 45.5 Å². The van der Waals surface area contributed by atoms with Crippen molar-refractivity contribution in [1.29, 1.82) is 0 Å². The largest absolute Gasteiger partial charge is 0.392 e. The first-order valence-corrected chi connectivity index (χ1v) is 7.41. The molecule has 1 N–H and O–H groups in total. The van der Waals surface area contributed by atoms with Crippen LogP contribution in [0.2, 0.25) is 10.0 Å². The number of aliphatic hydroxyl groups excluding tert-OH is 1. The molecule has 112 valence electrons. The Labute approximate surface area is 131 Å². The van der Waals surface area contributed by atoms with Gasteiger partial charge in [-0.25, -0.2) is 0 Å². The quantitative estimate of drug-likeness (QED) is 0.938. The molecule has 0 saturated carbocycles. The average Bonchev–Trinajstić information content (AvgIpc) is 2.92. The zero-order chi connectivity index (χ0) is 14.8. The maximum atomic E-state index is 9.95. The van der Waals surface area contributed by atoms with Gasteiger partial charge in [-0.2, -0.15) is 4.98 Å². The molecule has 0 aliphatic carbocycles. The molecule has 7 heteroatoms. The molecule has 1 aromatic carbocycles. The summed E-state index contributed by atoms with van der Waals surface area (Å²) in [5.41, 5.74) is 0.942. The predicted molar refractivity (Wildman–Crippen MR) is 77.7 cm³/mol. The van der Waals surface area contributed by atoms with Crippen LogP contribution in [0, 0.1) is 0 Å². The van der Waals surface area contributed by atoms with E-state index >= 15 is 0 Å². The van der Waals surface area contributed by atoms with Crippen LogP contribution in [0.1, 0.15) is 29.6 Å². The highest BCUT2D eigenvalue weighted by Gasteiger charge is 2.30. The van der Waals surface area contributed by atoms with E-state index in [0.717, 1.165) is 5.56 Å². The standard InChI is InChI=1S/C14H14Cl2N2O3/c15-10-2-1-8(5-11(10)16)6-13-17-14(21-18-13)9-7-20-4-3-12(9)19/h1-2,5,9,12,19H,3-4,6-7H2. The molecule has 5 nitrogen and oxygen atoms in total. The highest BCUT2D eigenvalue weighted by atomic mass is 35.5. The van der Waals surface area contributed by atoms with Crippen molar-refractivity contribution in [3.63, 3.8) is 0 Å². The summed E-state index contributed by atoms with van der Waals surface area (Å²) < 4.78 is 10.6. The van der Waals surface area contributed by atoms with Crippen LogP contribution in [0.3, 0.4) is 0 Å². The van der Waals surface area contributed by atoms with Crippen LogP contribution in [0.5, 0.6) is 0 Å². The van der Waals surface area contributed by atoms with Crippen LogP contribution in [0.4, 0.5) is 0 Å². The van der Waals surface area contributed by atoms with Gasteiger partial charge in [0.25, 0.3) is 0 Å². The van der Waals surface area contributed by atoms with Gasteiger partial charge < -0.3 is 14.4 Å². The molecule has 2 aromatic rings. The number of halogens is 2. The molecule has 0 amide bonds. The van der Waals surface area contributed by atoms with Crippen molar-refractivity contribution in [2.75, 3.05) is 13.2 Å². The van der Waals surface area contributed by atoms with E-state index in [4.69, 9.17) is 32.5 Å². The fourth-order valence-electron chi connectivity index (χ4n) is 2.28. The molecular weight excluding hydrogens is 315 g/mol. The molecule has 2 atom stereocenters. The highest BCUT2D eigenvalue weighted by Crippen LogP contribution is 2.26.